The van der Waals surface area contributed by atoms with Gasteiger partial charge in [0.25, 0.3) is 0 Å². The van der Waals surface area contributed by atoms with Gasteiger partial charge in [0.05, 0.1) is 16.6 Å². The lowest BCUT2D eigenvalue weighted by atomic mass is 9.60. The first kappa shape index (κ1) is 20.3. The molecule has 0 radical (unpaired) electrons. The SMILES string of the molecule is CC1(C)OB(C2=CC3(C=CC=C4C3=Cc3ccccc34)C3=Cc4ccccc4C3=C2)OC1(C)C. The van der Waals surface area contributed by atoms with Crippen LogP contribution in [0.15, 0.2) is 95.5 Å². The summed E-state index contributed by atoms with van der Waals surface area (Å²) in [5, 5.41) is 0. The van der Waals surface area contributed by atoms with Crippen LogP contribution in [0.3, 0.4) is 0 Å². The summed E-state index contributed by atoms with van der Waals surface area (Å²) in [6.45, 7) is 8.47. The van der Waals surface area contributed by atoms with E-state index in [9.17, 15) is 0 Å². The molecule has 34 heavy (non-hydrogen) atoms. The first-order valence-corrected chi connectivity index (χ1v) is 12.1. The van der Waals surface area contributed by atoms with E-state index in [0.29, 0.717) is 0 Å². The molecule has 1 aliphatic heterocycles. The van der Waals surface area contributed by atoms with Crippen LogP contribution >= 0.6 is 0 Å². The predicted octanol–water partition coefficient (Wildman–Crippen LogP) is 7.08. The maximum Gasteiger partial charge on any atom is 0.494 e. The number of benzene rings is 2. The van der Waals surface area contributed by atoms with Crippen LogP contribution < -0.4 is 0 Å². The first-order valence-electron chi connectivity index (χ1n) is 12.1. The Balaban J connectivity index is 1.45. The van der Waals surface area contributed by atoms with Crippen molar-refractivity contribution in [3.63, 3.8) is 0 Å². The number of allylic oxidation sites excluding steroid dienone is 10. The Morgan fingerprint density at radius 3 is 1.88 bits per heavy atom. The van der Waals surface area contributed by atoms with Crippen molar-refractivity contribution >= 4 is 30.4 Å². The van der Waals surface area contributed by atoms with E-state index in [0.717, 1.165) is 5.47 Å². The van der Waals surface area contributed by atoms with Crippen molar-refractivity contribution < 1.29 is 9.31 Å². The lowest BCUT2D eigenvalue weighted by Crippen LogP contribution is -2.41. The summed E-state index contributed by atoms with van der Waals surface area (Å²) in [7, 11) is -0.407. The maximum absolute atomic E-state index is 6.53. The lowest BCUT2D eigenvalue weighted by molar-refractivity contribution is 0.00578. The molecule has 5 aliphatic rings. The minimum Gasteiger partial charge on any atom is -0.399 e. The van der Waals surface area contributed by atoms with Gasteiger partial charge in [0.1, 0.15) is 0 Å². The summed E-state index contributed by atoms with van der Waals surface area (Å²) in [6, 6.07) is 17.4. The van der Waals surface area contributed by atoms with Crippen LogP contribution in [-0.4, -0.2) is 18.3 Å². The van der Waals surface area contributed by atoms with E-state index in [4.69, 9.17) is 9.31 Å². The predicted molar refractivity (Wildman–Crippen MR) is 141 cm³/mol. The van der Waals surface area contributed by atoms with Gasteiger partial charge in [0, 0.05) is 0 Å². The molecule has 2 aromatic carbocycles. The van der Waals surface area contributed by atoms with Crippen molar-refractivity contribution in [2.45, 2.75) is 38.9 Å². The van der Waals surface area contributed by atoms with Gasteiger partial charge in [-0.15, -0.1) is 0 Å². The van der Waals surface area contributed by atoms with Gasteiger partial charge < -0.3 is 9.31 Å². The van der Waals surface area contributed by atoms with Crippen molar-refractivity contribution in [1.29, 1.82) is 0 Å². The van der Waals surface area contributed by atoms with Gasteiger partial charge in [-0.1, -0.05) is 78.9 Å². The van der Waals surface area contributed by atoms with E-state index in [1.54, 1.807) is 0 Å². The van der Waals surface area contributed by atoms with Crippen molar-refractivity contribution in [1.82, 2.24) is 0 Å². The third kappa shape index (κ3) is 2.54. The first-order chi connectivity index (χ1) is 16.3. The topological polar surface area (TPSA) is 18.5 Å². The third-order valence-electron chi connectivity index (χ3n) is 8.43. The molecule has 2 aromatic rings. The summed E-state index contributed by atoms with van der Waals surface area (Å²) in [6.07, 6.45) is 16.2. The fourth-order valence-electron chi connectivity index (χ4n) is 5.92. The minimum absolute atomic E-state index is 0.370. The molecule has 7 rings (SSSR count). The molecule has 0 N–H and O–H groups in total. The Morgan fingerprint density at radius 1 is 0.676 bits per heavy atom. The van der Waals surface area contributed by atoms with Crippen molar-refractivity contribution in [3.05, 3.63) is 118 Å². The third-order valence-corrected chi connectivity index (χ3v) is 8.43. The molecular weight excluding hydrogens is 415 g/mol. The molecular formula is C31H27BO2. The quantitative estimate of drug-likeness (QED) is 0.440. The molecule has 4 aliphatic carbocycles. The highest BCUT2D eigenvalue weighted by molar-refractivity contribution is 6.56. The van der Waals surface area contributed by atoms with Crippen molar-refractivity contribution in [3.8, 4) is 0 Å². The molecule has 0 aromatic heterocycles. The molecule has 1 heterocycles. The summed E-state index contributed by atoms with van der Waals surface area (Å²) in [4.78, 5) is 0. The van der Waals surface area contributed by atoms with Crippen LogP contribution in [0.1, 0.15) is 49.9 Å². The van der Waals surface area contributed by atoms with Gasteiger partial charge in [-0.2, -0.15) is 0 Å². The van der Waals surface area contributed by atoms with Crippen LogP contribution in [0.5, 0.6) is 0 Å². The van der Waals surface area contributed by atoms with Crippen molar-refractivity contribution in [2.24, 2.45) is 5.41 Å². The minimum atomic E-state index is -0.407. The second-order valence-corrected chi connectivity index (χ2v) is 10.9. The molecule has 3 heteroatoms. The molecule has 1 saturated heterocycles. The Kier molecular flexibility index (Phi) is 3.87. The van der Waals surface area contributed by atoms with Gasteiger partial charge in [0.15, 0.2) is 0 Å². The van der Waals surface area contributed by atoms with E-state index in [1.165, 1.54) is 44.5 Å². The number of hydrogen-bond acceptors (Lipinski definition) is 2. The average molecular weight is 442 g/mol. The monoisotopic (exact) mass is 442 g/mol. The second-order valence-electron chi connectivity index (χ2n) is 10.9. The number of hydrogen-bond donors (Lipinski definition) is 0. The number of fused-ring (bicyclic) bond motifs is 8. The Bertz CT molecular complexity index is 1430. The number of rotatable bonds is 1. The molecule has 1 spiro atoms. The molecule has 0 amide bonds. The molecule has 2 nitrogen and oxygen atoms in total. The molecule has 1 unspecified atom stereocenters. The highest BCUT2D eigenvalue weighted by Crippen LogP contribution is 2.60. The van der Waals surface area contributed by atoms with Gasteiger partial charge in [0.2, 0.25) is 0 Å². The second kappa shape index (κ2) is 6.50. The average Bonchev–Trinajstić information content (AvgIpc) is 3.44. The van der Waals surface area contributed by atoms with Gasteiger partial charge in [-0.25, -0.2) is 0 Å². The van der Waals surface area contributed by atoms with Crippen LogP contribution in [0.25, 0.3) is 23.3 Å². The van der Waals surface area contributed by atoms with Crippen molar-refractivity contribution in [2.75, 3.05) is 0 Å². The highest BCUT2D eigenvalue weighted by Gasteiger charge is 2.54. The van der Waals surface area contributed by atoms with E-state index >= 15 is 0 Å². The van der Waals surface area contributed by atoms with Gasteiger partial charge >= 0.3 is 7.12 Å². The Labute approximate surface area is 201 Å². The van der Waals surface area contributed by atoms with Crippen LogP contribution in [0, 0.1) is 5.41 Å². The molecule has 0 bridgehead atoms. The van der Waals surface area contributed by atoms with Gasteiger partial charge in [-0.3, -0.25) is 0 Å². The largest absolute Gasteiger partial charge is 0.494 e. The van der Waals surface area contributed by atoms with E-state index in [-0.39, 0.29) is 16.6 Å². The standard InChI is InChI=1S/C31H27BO2/c1-29(2)30(3,4)34-32(33-29)22-18-26-24-13-8-6-11-21(24)17-28(26)31(19-22)15-9-14-25-23-12-7-5-10-20(23)16-27(25)31/h5-19H,1-4H3. The zero-order valence-electron chi connectivity index (χ0n) is 20.1. The molecule has 0 saturated carbocycles. The summed E-state index contributed by atoms with van der Waals surface area (Å²) in [5.74, 6) is 0. The van der Waals surface area contributed by atoms with Gasteiger partial charge in [-0.05, 0) is 89.9 Å². The fourth-order valence-corrected chi connectivity index (χ4v) is 5.92. The molecule has 1 atom stereocenters. The van der Waals surface area contributed by atoms with Crippen LogP contribution in [-0.2, 0) is 9.31 Å². The van der Waals surface area contributed by atoms with Crippen LogP contribution in [0.4, 0.5) is 0 Å². The van der Waals surface area contributed by atoms with E-state index < -0.39 is 7.12 Å². The zero-order chi connectivity index (χ0) is 23.3. The smallest absolute Gasteiger partial charge is 0.399 e. The zero-order valence-corrected chi connectivity index (χ0v) is 20.1. The summed E-state index contributed by atoms with van der Waals surface area (Å²) >= 11 is 0. The highest BCUT2D eigenvalue weighted by atomic mass is 16.7. The van der Waals surface area contributed by atoms with E-state index in [1.807, 2.05) is 0 Å². The normalized spacial score (nSPS) is 26.7. The summed E-state index contributed by atoms with van der Waals surface area (Å²) in [5.41, 5.74) is 10.3. The lowest BCUT2D eigenvalue weighted by Gasteiger charge is -2.38. The summed E-state index contributed by atoms with van der Waals surface area (Å²) < 4.78 is 13.1. The van der Waals surface area contributed by atoms with E-state index in [2.05, 4.69) is 119 Å². The Hall–Kier alpha value is -3.14. The molecule has 1 fully saturated rings. The maximum atomic E-state index is 6.53. The Morgan fingerprint density at radius 2 is 1.24 bits per heavy atom. The molecule has 166 valence electrons. The van der Waals surface area contributed by atoms with Crippen LogP contribution in [0.2, 0.25) is 0 Å². The fraction of sp³-hybridized carbons (Fsp3) is 0.226.